The van der Waals surface area contributed by atoms with Gasteiger partial charge in [-0.25, -0.2) is 14.4 Å². The van der Waals surface area contributed by atoms with Gasteiger partial charge >= 0.3 is 6.18 Å². The van der Waals surface area contributed by atoms with Crippen LogP contribution in [0.5, 0.6) is 0 Å². The highest BCUT2D eigenvalue weighted by atomic mass is 19.4. The number of hydrogen-bond donors (Lipinski definition) is 2. The first-order chi connectivity index (χ1) is 15.8. The summed E-state index contributed by atoms with van der Waals surface area (Å²) in [4.78, 5) is 21.3. The summed E-state index contributed by atoms with van der Waals surface area (Å²) >= 11 is 0. The Morgan fingerprint density at radius 2 is 1.85 bits per heavy atom. The number of nitrogens with one attached hydrogen (secondary N) is 2. The molecule has 0 radical (unpaired) electrons. The van der Waals surface area contributed by atoms with Crippen LogP contribution in [0.1, 0.15) is 24.8 Å². The normalized spacial score (nSPS) is 17.2. The summed E-state index contributed by atoms with van der Waals surface area (Å²) in [6.07, 6.45) is -2.30. The fourth-order valence-electron chi connectivity index (χ4n) is 3.83. The van der Waals surface area contributed by atoms with E-state index in [0.29, 0.717) is 18.5 Å². The Labute approximate surface area is 184 Å². The highest BCUT2D eigenvalue weighted by Gasteiger charge is 2.31. The Kier molecular flexibility index (Phi) is 5.10. The molecular weight excluding hydrogens is 440 g/mol. The first-order valence-electron chi connectivity index (χ1n) is 10.4. The Morgan fingerprint density at radius 3 is 2.61 bits per heavy atom. The SMILES string of the molecule is O=C1NCCCC[C@H]1Nc1nc2ccc(C(F)(F)F)cc2c2nc(-c3ccc(F)cc3)nn12. The van der Waals surface area contributed by atoms with Crippen molar-refractivity contribution >= 4 is 28.4 Å². The number of hydrogen-bond acceptors (Lipinski definition) is 5. The minimum Gasteiger partial charge on any atom is -0.354 e. The molecule has 0 aliphatic carbocycles. The van der Waals surface area contributed by atoms with Crippen LogP contribution in [0.2, 0.25) is 0 Å². The molecule has 3 heterocycles. The molecule has 2 aromatic carbocycles. The quantitative estimate of drug-likeness (QED) is 0.450. The van der Waals surface area contributed by atoms with Crippen LogP contribution < -0.4 is 10.6 Å². The van der Waals surface area contributed by atoms with Gasteiger partial charge in [0, 0.05) is 17.5 Å². The Balaban J connectivity index is 1.69. The molecule has 2 N–H and O–H groups in total. The van der Waals surface area contributed by atoms with E-state index in [9.17, 15) is 22.4 Å². The molecule has 33 heavy (non-hydrogen) atoms. The average molecular weight is 458 g/mol. The average Bonchev–Trinajstić information content (AvgIpc) is 3.13. The van der Waals surface area contributed by atoms with Gasteiger partial charge in [0.15, 0.2) is 11.5 Å². The molecule has 1 aliphatic rings. The van der Waals surface area contributed by atoms with E-state index in [-0.39, 0.29) is 34.2 Å². The van der Waals surface area contributed by atoms with E-state index in [1.807, 2.05) is 0 Å². The van der Waals surface area contributed by atoms with Crippen molar-refractivity contribution in [1.29, 1.82) is 0 Å². The molecule has 0 bridgehead atoms. The van der Waals surface area contributed by atoms with E-state index >= 15 is 0 Å². The summed E-state index contributed by atoms with van der Waals surface area (Å²) < 4.78 is 54.7. The van der Waals surface area contributed by atoms with E-state index < -0.39 is 23.6 Å². The zero-order valence-electron chi connectivity index (χ0n) is 17.2. The zero-order chi connectivity index (χ0) is 23.2. The van der Waals surface area contributed by atoms with Crippen molar-refractivity contribution in [2.24, 2.45) is 0 Å². The summed E-state index contributed by atoms with van der Waals surface area (Å²) in [7, 11) is 0. The van der Waals surface area contributed by atoms with Crippen LogP contribution in [0.3, 0.4) is 0 Å². The third-order valence-electron chi connectivity index (χ3n) is 5.54. The second kappa shape index (κ2) is 7.98. The van der Waals surface area contributed by atoms with Crippen LogP contribution in [0.15, 0.2) is 42.5 Å². The summed E-state index contributed by atoms with van der Waals surface area (Å²) in [6.45, 7) is 0.579. The fourth-order valence-corrected chi connectivity index (χ4v) is 3.83. The maximum absolute atomic E-state index is 13.4. The molecule has 1 atom stereocenters. The lowest BCUT2D eigenvalue weighted by Crippen LogP contribution is -2.38. The van der Waals surface area contributed by atoms with Gasteiger partial charge in [-0.1, -0.05) is 0 Å². The van der Waals surface area contributed by atoms with Crippen molar-refractivity contribution in [1.82, 2.24) is 24.9 Å². The van der Waals surface area contributed by atoms with Crippen molar-refractivity contribution in [2.45, 2.75) is 31.5 Å². The Bertz CT molecular complexity index is 1350. The first kappa shape index (κ1) is 21.1. The van der Waals surface area contributed by atoms with Crippen molar-refractivity contribution in [3.63, 3.8) is 0 Å². The lowest BCUT2D eigenvalue weighted by molar-refractivity contribution is -0.137. The van der Waals surface area contributed by atoms with Crippen LogP contribution >= 0.6 is 0 Å². The van der Waals surface area contributed by atoms with Crippen molar-refractivity contribution in [3.8, 4) is 11.4 Å². The van der Waals surface area contributed by atoms with E-state index in [2.05, 4.69) is 25.7 Å². The summed E-state index contributed by atoms with van der Waals surface area (Å²) in [5.41, 5.74) is 0.0549. The van der Waals surface area contributed by atoms with Crippen molar-refractivity contribution in [2.75, 3.05) is 11.9 Å². The molecule has 0 spiro atoms. The van der Waals surface area contributed by atoms with Gasteiger partial charge in [-0.05, 0) is 61.7 Å². The number of fused-ring (bicyclic) bond motifs is 3. The van der Waals surface area contributed by atoms with Gasteiger partial charge < -0.3 is 10.6 Å². The molecule has 7 nitrogen and oxygen atoms in total. The zero-order valence-corrected chi connectivity index (χ0v) is 17.2. The number of anilines is 1. The first-order valence-corrected chi connectivity index (χ1v) is 10.4. The number of rotatable bonds is 3. The Hall–Kier alpha value is -3.76. The fraction of sp³-hybridized carbons (Fsp3) is 0.273. The van der Waals surface area contributed by atoms with Gasteiger partial charge in [0.05, 0.1) is 11.1 Å². The minimum absolute atomic E-state index is 0.141. The van der Waals surface area contributed by atoms with Crippen LogP contribution in [0, 0.1) is 5.82 Å². The minimum atomic E-state index is -4.54. The molecule has 170 valence electrons. The number of nitrogens with zero attached hydrogens (tertiary/aromatic N) is 4. The molecule has 1 amide bonds. The van der Waals surface area contributed by atoms with Crippen LogP contribution in [0.4, 0.5) is 23.5 Å². The second-order valence-corrected chi connectivity index (χ2v) is 7.83. The number of halogens is 4. The Morgan fingerprint density at radius 1 is 1.06 bits per heavy atom. The predicted molar refractivity (Wildman–Crippen MR) is 113 cm³/mol. The van der Waals surface area contributed by atoms with Crippen molar-refractivity contribution in [3.05, 3.63) is 53.8 Å². The molecule has 5 rings (SSSR count). The number of carbonyl (C=O) groups is 1. The van der Waals surface area contributed by atoms with Gasteiger partial charge in [0.1, 0.15) is 11.9 Å². The number of carbonyl (C=O) groups excluding carboxylic acids is 1. The summed E-state index contributed by atoms with van der Waals surface area (Å²) in [5, 5.41) is 10.5. The lowest BCUT2D eigenvalue weighted by Gasteiger charge is -2.17. The standard InChI is InChI=1S/C22H18F4N6O/c23-14-7-4-12(5-8-14)18-30-19-15-11-13(22(24,25)26)6-9-16(15)28-21(32(19)31-18)29-17-3-1-2-10-27-20(17)33/h4-9,11,17H,1-3,10H2,(H,27,33)(H,28,29)/t17-/m1/s1. The van der Waals surface area contributed by atoms with Gasteiger partial charge in [-0.3, -0.25) is 4.79 Å². The maximum atomic E-state index is 13.4. The van der Waals surface area contributed by atoms with Gasteiger partial charge in [-0.2, -0.15) is 17.7 Å². The summed E-state index contributed by atoms with van der Waals surface area (Å²) in [6, 6.07) is 8.06. The number of alkyl halides is 3. The third-order valence-corrected chi connectivity index (χ3v) is 5.54. The van der Waals surface area contributed by atoms with E-state index in [4.69, 9.17) is 0 Å². The highest BCUT2D eigenvalue weighted by Crippen LogP contribution is 2.33. The molecule has 0 saturated carbocycles. The van der Waals surface area contributed by atoms with Crippen LogP contribution in [-0.4, -0.2) is 38.1 Å². The van der Waals surface area contributed by atoms with E-state index in [1.54, 1.807) is 0 Å². The molecule has 11 heteroatoms. The van der Waals surface area contributed by atoms with Crippen LogP contribution in [-0.2, 0) is 11.0 Å². The van der Waals surface area contributed by atoms with Gasteiger partial charge in [0.25, 0.3) is 0 Å². The second-order valence-electron chi connectivity index (χ2n) is 7.83. The molecule has 0 unspecified atom stereocenters. The summed E-state index contributed by atoms with van der Waals surface area (Å²) in [5.74, 6) is -0.254. The molecule has 1 aliphatic heterocycles. The largest absolute Gasteiger partial charge is 0.416 e. The van der Waals surface area contributed by atoms with Gasteiger partial charge in [0.2, 0.25) is 11.9 Å². The van der Waals surface area contributed by atoms with Gasteiger partial charge in [-0.15, -0.1) is 5.10 Å². The monoisotopic (exact) mass is 458 g/mol. The predicted octanol–water partition coefficient (Wildman–Crippen LogP) is 4.18. The van der Waals surface area contributed by atoms with E-state index in [1.165, 1.54) is 34.8 Å². The maximum Gasteiger partial charge on any atom is 0.416 e. The van der Waals surface area contributed by atoms with Crippen LogP contribution in [0.25, 0.3) is 27.9 Å². The molecule has 1 fully saturated rings. The lowest BCUT2D eigenvalue weighted by atomic mass is 10.1. The number of aromatic nitrogens is 4. The third kappa shape index (κ3) is 4.06. The number of amides is 1. The van der Waals surface area contributed by atoms with Crippen molar-refractivity contribution < 1.29 is 22.4 Å². The molecular formula is C22H18F4N6O. The topological polar surface area (TPSA) is 84.2 Å². The smallest absolute Gasteiger partial charge is 0.354 e. The molecule has 1 saturated heterocycles. The highest BCUT2D eigenvalue weighted by molar-refractivity contribution is 5.94. The number of benzene rings is 2. The molecule has 4 aromatic rings. The molecule has 2 aromatic heterocycles. The van der Waals surface area contributed by atoms with E-state index in [0.717, 1.165) is 25.0 Å².